The first-order valence-electron chi connectivity index (χ1n) is 7.42. The monoisotopic (exact) mass is 283 g/mol. The Kier molecular flexibility index (Phi) is 5.67. The summed E-state index contributed by atoms with van der Waals surface area (Å²) in [6.45, 7) is 7.00. The van der Waals surface area contributed by atoms with Crippen molar-refractivity contribution in [3.63, 3.8) is 0 Å². The van der Waals surface area contributed by atoms with E-state index in [2.05, 4.69) is 16.9 Å². The van der Waals surface area contributed by atoms with Crippen LogP contribution in [0.5, 0.6) is 0 Å². The standard InChI is InChI=1S/C14H25N3O3/c1-11(2)19-14(18)17-9-5-13(6-10-17)20-16-12-3-7-15-8-4-12/h3,11,13,15-16H,4-10H2,1-2H3. The zero-order chi connectivity index (χ0) is 14.4. The Morgan fingerprint density at radius 3 is 2.80 bits per heavy atom. The number of ether oxygens (including phenoxy) is 1. The summed E-state index contributed by atoms with van der Waals surface area (Å²) < 4.78 is 5.19. The van der Waals surface area contributed by atoms with Crippen molar-refractivity contribution in [3.8, 4) is 0 Å². The Hall–Kier alpha value is -1.27. The van der Waals surface area contributed by atoms with Crippen molar-refractivity contribution in [1.82, 2.24) is 15.7 Å². The van der Waals surface area contributed by atoms with Crippen molar-refractivity contribution in [2.75, 3.05) is 26.2 Å². The molecule has 2 aliphatic rings. The van der Waals surface area contributed by atoms with E-state index in [9.17, 15) is 4.79 Å². The molecule has 0 atom stereocenters. The normalized spacial score (nSPS) is 20.8. The van der Waals surface area contributed by atoms with Gasteiger partial charge in [0.05, 0.1) is 12.2 Å². The number of hydrogen-bond donors (Lipinski definition) is 2. The number of likely N-dealkylation sites (tertiary alicyclic amines) is 1. The van der Waals surface area contributed by atoms with Gasteiger partial charge in [-0.15, -0.1) is 0 Å². The van der Waals surface area contributed by atoms with Crippen molar-refractivity contribution in [1.29, 1.82) is 0 Å². The van der Waals surface area contributed by atoms with Crippen LogP contribution in [0.2, 0.25) is 0 Å². The third-order valence-corrected chi connectivity index (χ3v) is 3.46. The predicted octanol–water partition coefficient (Wildman–Crippen LogP) is 1.39. The molecule has 6 heteroatoms. The van der Waals surface area contributed by atoms with E-state index >= 15 is 0 Å². The van der Waals surface area contributed by atoms with Gasteiger partial charge in [-0.1, -0.05) is 0 Å². The van der Waals surface area contributed by atoms with Crippen LogP contribution in [0.1, 0.15) is 33.1 Å². The number of carbonyl (C=O) groups is 1. The molecule has 0 aromatic rings. The third-order valence-electron chi connectivity index (χ3n) is 3.46. The molecule has 0 saturated carbocycles. The number of hydrogen-bond acceptors (Lipinski definition) is 5. The molecule has 20 heavy (non-hydrogen) atoms. The quantitative estimate of drug-likeness (QED) is 0.764. The first-order chi connectivity index (χ1) is 9.65. The molecule has 114 valence electrons. The van der Waals surface area contributed by atoms with E-state index in [-0.39, 0.29) is 18.3 Å². The van der Waals surface area contributed by atoms with Gasteiger partial charge in [-0.25, -0.2) is 4.79 Å². The molecule has 0 aliphatic carbocycles. The number of rotatable bonds is 4. The molecule has 0 spiro atoms. The van der Waals surface area contributed by atoms with E-state index in [0.29, 0.717) is 13.1 Å². The molecule has 0 unspecified atom stereocenters. The average Bonchev–Trinajstić information content (AvgIpc) is 2.46. The van der Waals surface area contributed by atoms with Gasteiger partial charge in [0.25, 0.3) is 0 Å². The Bertz CT molecular complexity index is 350. The Morgan fingerprint density at radius 1 is 1.45 bits per heavy atom. The van der Waals surface area contributed by atoms with Crippen LogP contribution < -0.4 is 10.8 Å². The Morgan fingerprint density at radius 2 is 2.20 bits per heavy atom. The summed E-state index contributed by atoms with van der Waals surface area (Å²) in [5.74, 6) is 0. The maximum absolute atomic E-state index is 11.8. The van der Waals surface area contributed by atoms with Crippen LogP contribution in [0.15, 0.2) is 11.8 Å². The molecule has 6 nitrogen and oxygen atoms in total. The van der Waals surface area contributed by atoms with Crippen molar-refractivity contribution in [2.45, 2.75) is 45.3 Å². The Labute approximate surface area is 120 Å². The van der Waals surface area contributed by atoms with Gasteiger partial charge >= 0.3 is 6.09 Å². The van der Waals surface area contributed by atoms with Crippen molar-refractivity contribution in [2.24, 2.45) is 0 Å². The highest BCUT2D eigenvalue weighted by atomic mass is 16.7. The van der Waals surface area contributed by atoms with Gasteiger partial charge in [0.2, 0.25) is 0 Å². The van der Waals surface area contributed by atoms with E-state index in [1.165, 1.54) is 0 Å². The van der Waals surface area contributed by atoms with Crippen LogP contribution in [0.3, 0.4) is 0 Å². The number of carbonyl (C=O) groups excluding carboxylic acids is 1. The number of hydroxylamine groups is 1. The fourth-order valence-corrected chi connectivity index (χ4v) is 2.31. The highest BCUT2D eigenvalue weighted by Crippen LogP contribution is 2.15. The highest BCUT2D eigenvalue weighted by Gasteiger charge is 2.25. The number of nitrogens with one attached hydrogen (secondary N) is 2. The minimum Gasteiger partial charge on any atom is -0.447 e. The van der Waals surface area contributed by atoms with Crippen LogP contribution in [0.4, 0.5) is 4.79 Å². The second kappa shape index (κ2) is 7.50. The van der Waals surface area contributed by atoms with Crippen LogP contribution in [-0.2, 0) is 9.57 Å². The van der Waals surface area contributed by atoms with Gasteiger partial charge in [-0.05, 0) is 32.8 Å². The fraction of sp³-hybridized carbons (Fsp3) is 0.786. The molecule has 0 bridgehead atoms. The van der Waals surface area contributed by atoms with Gasteiger partial charge in [-0.3, -0.25) is 10.3 Å². The summed E-state index contributed by atoms with van der Waals surface area (Å²) in [5.41, 5.74) is 4.20. The average molecular weight is 283 g/mol. The van der Waals surface area contributed by atoms with Gasteiger partial charge in [0, 0.05) is 38.3 Å². The largest absolute Gasteiger partial charge is 0.447 e. The van der Waals surface area contributed by atoms with Gasteiger partial charge in [0.1, 0.15) is 0 Å². The number of piperidine rings is 1. The third kappa shape index (κ3) is 4.68. The number of amides is 1. The topological polar surface area (TPSA) is 62.8 Å². The molecule has 0 aromatic heterocycles. The van der Waals surface area contributed by atoms with E-state index in [1.54, 1.807) is 4.90 Å². The maximum Gasteiger partial charge on any atom is 0.410 e. The van der Waals surface area contributed by atoms with Crippen LogP contribution in [0, 0.1) is 0 Å². The molecular weight excluding hydrogens is 258 g/mol. The van der Waals surface area contributed by atoms with Crippen LogP contribution in [-0.4, -0.2) is 49.4 Å². The molecule has 2 N–H and O–H groups in total. The SMILES string of the molecule is CC(C)OC(=O)N1CCC(ONC2=CCNCC2)CC1. The second-order valence-electron chi connectivity index (χ2n) is 5.52. The summed E-state index contributed by atoms with van der Waals surface area (Å²) in [6, 6.07) is 0. The van der Waals surface area contributed by atoms with Crippen LogP contribution in [0.25, 0.3) is 0 Å². The first-order valence-corrected chi connectivity index (χ1v) is 7.42. The van der Waals surface area contributed by atoms with E-state index in [0.717, 1.165) is 38.0 Å². The summed E-state index contributed by atoms with van der Waals surface area (Å²) in [7, 11) is 0. The molecule has 2 aliphatic heterocycles. The lowest BCUT2D eigenvalue weighted by Gasteiger charge is -2.32. The number of nitrogens with zero attached hydrogens (tertiary/aromatic N) is 1. The van der Waals surface area contributed by atoms with Gasteiger partial charge in [-0.2, -0.15) is 0 Å². The Balaban J connectivity index is 1.66. The summed E-state index contributed by atoms with van der Waals surface area (Å²) in [6.07, 6.45) is 4.64. The van der Waals surface area contributed by atoms with E-state index in [4.69, 9.17) is 9.57 Å². The lowest BCUT2D eigenvalue weighted by atomic mass is 10.1. The zero-order valence-corrected chi connectivity index (χ0v) is 12.4. The molecule has 1 saturated heterocycles. The summed E-state index contributed by atoms with van der Waals surface area (Å²) >= 11 is 0. The molecule has 2 rings (SSSR count). The first kappa shape index (κ1) is 15.1. The van der Waals surface area contributed by atoms with Crippen LogP contribution >= 0.6 is 0 Å². The zero-order valence-electron chi connectivity index (χ0n) is 12.4. The molecule has 1 amide bonds. The summed E-state index contributed by atoms with van der Waals surface area (Å²) in [4.78, 5) is 19.2. The predicted molar refractivity (Wildman–Crippen MR) is 76.0 cm³/mol. The van der Waals surface area contributed by atoms with Gasteiger partial charge in [0.15, 0.2) is 0 Å². The molecular formula is C14H25N3O3. The maximum atomic E-state index is 11.8. The van der Waals surface area contributed by atoms with E-state index in [1.807, 2.05) is 13.8 Å². The van der Waals surface area contributed by atoms with E-state index < -0.39 is 0 Å². The van der Waals surface area contributed by atoms with Crippen molar-refractivity contribution < 1.29 is 14.4 Å². The fourth-order valence-electron chi connectivity index (χ4n) is 2.31. The van der Waals surface area contributed by atoms with Crippen molar-refractivity contribution in [3.05, 3.63) is 11.8 Å². The minimum absolute atomic E-state index is 0.0648. The lowest BCUT2D eigenvalue weighted by Crippen LogP contribution is -2.43. The molecule has 2 heterocycles. The molecule has 1 fully saturated rings. The van der Waals surface area contributed by atoms with Crippen molar-refractivity contribution >= 4 is 6.09 Å². The highest BCUT2D eigenvalue weighted by molar-refractivity contribution is 5.67. The minimum atomic E-state index is -0.215. The summed E-state index contributed by atoms with van der Waals surface area (Å²) in [5, 5.41) is 3.26. The second-order valence-corrected chi connectivity index (χ2v) is 5.52. The molecule has 0 aromatic carbocycles. The smallest absolute Gasteiger partial charge is 0.410 e. The lowest BCUT2D eigenvalue weighted by molar-refractivity contribution is -0.0417. The van der Waals surface area contributed by atoms with Gasteiger partial charge < -0.3 is 15.0 Å². The molecule has 0 radical (unpaired) electrons.